The second-order valence-corrected chi connectivity index (χ2v) is 6.91. The number of para-hydroxylation sites is 1. The van der Waals surface area contributed by atoms with E-state index in [1.54, 1.807) is 19.4 Å². The zero-order valence-corrected chi connectivity index (χ0v) is 17.2. The molecule has 5 nitrogen and oxygen atoms in total. The van der Waals surface area contributed by atoms with Gasteiger partial charge < -0.3 is 19.5 Å². The summed E-state index contributed by atoms with van der Waals surface area (Å²) >= 11 is 6.00. The molecule has 1 aliphatic heterocycles. The maximum absolute atomic E-state index is 6.00. The molecule has 0 saturated carbocycles. The number of aromatic amines is 1. The van der Waals surface area contributed by atoms with Gasteiger partial charge in [-0.05, 0) is 11.6 Å². The van der Waals surface area contributed by atoms with E-state index in [9.17, 15) is 0 Å². The standard InChI is InChI=1S/C21H21ClN4O.ClH/c1-27-20-13-17(22)15-24-21(20)26-11-9-25(10-12-26)8-4-5-16-14-23-19-7-3-2-6-18(16)19;/h2-3,6-7,13-15,23H,5,9-12H2,1H3;1H. The molecule has 0 radical (unpaired) electrons. The summed E-state index contributed by atoms with van der Waals surface area (Å²) in [5.41, 5.74) is 2.40. The van der Waals surface area contributed by atoms with Crippen molar-refractivity contribution in [2.75, 3.05) is 38.2 Å². The van der Waals surface area contributed by atoms with E-state index in [-0.39, 0.29) is 12.4 Å². The Morgan fingerprint density at radius 2 is 2.00 bits per heavy atom. The summed E-state index contributed by atoms with van der Waals surface area (Å²) in [4.78, 5) is 12.1. The summed E-state index contributed by atoms with van der Waals surface area (Å²) in [5, 5.41) is 1.83. The summed E-state index contributed by atoms with van der Waals surface area (Å²) in [7, 11) is 1.64. The number of pyridine rings is 1. The largest absolute Gasteiger partial charge is 0.493 e. The van der Waals surface area contributed by atoms with Gasteiger partial charge in [-0.1, -0.05) is 35.7 Å². The maximum atomic E-state index is 6.00. The molecule has 2 aromatic heterocycles. The predicted molar refractivity (Wildman–Crippen MR) is 117 cm³/mol. The van der Waals surface area contributed by atoms with E-state index < -0.39 is 0 Å². The highest BCUT2D eigenvalue weighted by Gasteiger charge is 2.19. The first-order valence-corrected chi connectivity index (χ1v) is 9.35. The van der Waals surface area contributed by atoms with Crippen LogP contribution < -0.4 is 9.64 Å². The lowest BCUT2D eigenvalue weighted by Gasteiger charge is -2.34. The van der Waals surface area contributed by atoms with Crippen LogP contribution in [0, 0.1) is 12.0 Å². The number of fused-ring (bicyclic) bond motifs is 1. The summed E-state index contributed by atoms with van der Waals surface area (Å²) in [6.45, 7) is 3.45. The number of halogens is 2. The lowest BCUT2D eigenvalue weighted by Crippen LogP contribution is -2.44. The van der Waals surface area contributed by atoms with Gasteiger partial charge in [0.15, 0.2) is 11.6 Å². The van der Waals surface area contributed by atoms with E-state index >= 15 is 0 Å². The van der Waals surface area contributed by atoms with Gasteiger partial charge in [0.2, 0.25) is 0 Å². The topological polar surface area (TPSA) is 44.4 Å². The van der Waals surface area contributed by atoms with Crippen molar-refractivity contribution in [1.29, 1.82) is 0 Å². The molecule has 28 heavy (non-hydrogen) atoms. The molecule has 1 aromatic carbocycles. The van der Waals surface area contributed by atoms with Gasteiger partial charge in [-0.25, -0.2) is 4.98 Å². The zero-order chi connectivity index (χ0) is 18.6. The van der Waals surface area contributed by atoms with E-state index in [0.29, 0.717) is 10.8 Å². The van der Waals surface area contributed by atoms with Crippen LogP contribution in [-0.4, -0.2) is 48.2 Å². The molecule has 0 unspecified atom stereocenters. The zero-order valence-electron chi connectivity index (χ0n) is 15.6. The van der Waals surface area contributed by atoms with Gasteiger partial charge >= 0.3 is 0 Å². The minimum atomic E-state index is 0. The van der Waals surface area contributed by atoms with Gasteiger partial charge in [0, 0.05) is 68.0 Å². The Labute approximate surface area is 176 Å². The number of nitrogens with zero attached hydrogens (tertiary/aromatic N) is 3. The van der Waals surface area contributed by atoms with E-state index in [1.807, 2.05) is 6.07 Å². The Bertz CT molecular complexity index is 1000. The minimum Gasteiger partial charge on any atom is -0.493 e. The molecule has 1 fully saturated rings. The van der Waals surface area contributed by atoms with Gasteiger partial charge in [-0.15, -0.1) is 12.4 Å². The number of methoxy groups -OCH3 is 1. The second-order valence-electron chi connectivity index (χ2n) is 6.48. The third kappa shape index (κ3) is 4.30. The number of ether oxygens (including phenoxy) is 1. The van der Waals surface area contributed by atoms with Crippen molar-refractivity contribution in [3.63, 3.8) is 0 Å². The Hall–Kier alpha value is -2.55. The molecule has 0 aliphatic carbocycles. The highest BCUT2D eigenvalue weighted by molar-refractivity contribution is 6.30. The lowest BCUT2D eigenvalue weighted by atomic mass is 10.1. The van der Waals surface area contributed by atoms with E-state index in [0.717, 1.165) is 43.9 Å². The van der Waals surface area contributed by atoms with Crippen LogP contribution in [0.25, 0.3) is 10.9 Å². The van der Waals surface area contributed by atoms with Crippen LogP contribution in [0.3, 0.4) is 0 Å². The van der Waals surface area contributed by atoms with Crippen LogP contribution >= 0.6 is 24.0 Å². The Morgan fingerprint density at radius 1 is 1.21 bits per heavy atom. The number of anilines is 1. The Kier molecular flexibility index (Phi) is 6.56. The van der Waals surface area contributed by atoms with Crippen LogP contribution in [0.4, 0.5) is 5.82 Å². The normalized spacial score (nSPS) is 13.6. The first-order chi connectivity index (χ1) is 13.2. The average molecular weight is 417 g/mol. The minimum absolute atomic E-state index is 0. The molecule has 1 N–H and O–H groups in total. The van der Waals surface area contributed by atoms with Gasteiger partial charge in [0.25, 0.3) is 0 Å². The number of aromatic nitrogens is 2. The van der Waals surface area contributed by atoms with Crippen molar-refractivity contribution in [3.05, 3.63) is 53.3 Å². The number of nitrogens with one attached hydrogen (secondary N) is 1. The van der Waals surface area contributed by atoms with Crippen LogP contribution in [0.5, 0.6) is 5.75 Å². The van der Waals surface area contributed by atoms with Crippen LogP contribution in [0.1, 0.15) is 5.56 Å². The average Bonchev–Trinajstić information content (AvgIpc) is 3.12. The molecular formula is C21H22Cl2N4O. The third-order valence-corrected chi connectivity index (χ3v) is 5.00. The first kappa shape index (κ1) is 20.2. The number of hydrogen-bond acceptors (Lipinski definition) is 4. The Balaban J connectivity index is 0.00000225. The van der Waals surface area contributed by atoms with Crippen molar-refractivity contribution >= 4 is 40.7 Å². The number of rotatable bonds is 3. The van der Waals surface area contributed by atoms with Crippen LogP contribution in [0.15, 0.2) is 42.7 Å². The molecule has 4 rings (SSSR count). The van der Waals surface area contributed by atoms with Crippen molar-refractivity contribution in [2.45, 2.75) is 6.42 Å². The van der Waals surface area contributed by atoms with Gasteiger partial charge in [0.05, 0.1) is 12.1 Å². The maximum Gasteiger partial charge on any atom is 0.171 e. The molecular weight excluding hydrogens is 395 g/mol. The van der Waals surface area contributed by atoms with Crippen LogP contribution in [0.2, 0.25) is 5.02 Å². The molecule has 3 aromatic rings. The summed E-state index contributed by atoms with van der Waals surface area (Å²) < 4.78 is 5.41. The number of hydrogen-bond donors (Lipinski definition) is 1. The summed E-state index contributed by atoms with van der Waals surface area (Å²) in [6.07, 6.45) is 4.46. The van der Waals surface area contributed by atoms with E-state index in [4.69, 9.17) is 16.3 Å². The fourth-order valence-corrected chi connectivity index (χ4v) is 3.50. The Morgan fingerprint density at radius 3 is 2.79 bits per heavy atom. The molecule has 3 heterocycles. The lowest BCUT2D eigenvalue weighted by molar-refractivity contribution is 0.361. The van der Waals surface area contributed by atoms with E-state index in [1.165, 1.54) is 10.9 Å². The molecule has 7 heteroatoms. The van der Waals surface area contributed by atoms with Gasteiger partial charge in [-0.3, -0.25) is 0 Å². The molecule has 0 spiro atoms. The van der Waals surface area contributed by atoms with Gasteiger partial charge in [-0.2, -0.15) is 0 Å². The quantitative estimate of drug-likeness (QED) is 0.655. The summed E-state index contributed by atoms with van der Waals surface area (Å²) in [5.74, 6) is 4.86. The van der Waals surface area contributed by atoms with Crippen molar-refractivity contribution in [3.8, 4) is 17.7 Å². The number of benzene rings is 1. The third-order valence-electron chi connectivity index (χ3n) is 4.79. The molecule has 146 valence electrons. The van der Waals surface area contributed by atoms with Crippen molar-refractivity contribution in [1.82, 2.24) is 14.9 Å². The van der Waals surface area contributed by atoms with Gasteiger partial charge in [0.1, 0.15) is 0 Å². The van der Waals surface area contributed by atoms with Crippen molar-refractivity contribution < 1.29 is 4.74 Å². The molecule has 0 bridgehead atoms. The highest BCUT2D eigenvalue weighted by atomic mass is 35.5. The fourth-order valence-electron chi connectivity index (χ4n) is 3.36. The second kappa shape index (κ2) is 9.09. The first-order valence-electron chi connectivity index (χ1n) is 8.97. The van der Waals surface area contributed by atoms with Crippen molar-refractivity contribution in [2.24, 2.45) is 0 Å². The van der Waals surface area contributed by atoms with Crippen LogP contribution in [-0.2, 0) is 6.42 Å². The highest BCUT2D eigenvalue weighted by Crippen LogP contribution is 2.29. The molecule has 1 aliphatic rings. The smallest absolute Gasteiger partial charge is 0.171 e. The molecule has 0 atom stereocenters. The number of piperazine rings is 1. The predicted octanol–water partition coefficient (Wildman–Crippen LogP) is 3.97. The van der Waals surface area contributed by atoms with E-state index in [2.05, 4.69) is 56.1 Å². The SMILES string of the molecule is COc1cc(Cl)cnc1N1CCN(C#CCc2c[nH]c3ccccc23)CC1.Cl. The molecule has 1 saturated heterocycles. The summed E-state index contributed by atoms with van der Waals surface area (Å²) in [6, 6.07) is 13.4. The number of H-pyrrole nitrogens is 1. The molecule has 0 amide bonds. The monoisotopic (exact) mass is 416 g/mol. The fraction of sp³-hybridized carbons (Fsp3) is 0.286.